The normalized spacial score (nSPS) is 23.2. The van der Waals surface area contributed by atoms with Crippen LogP contribution in [0, 0.1) is 14.6 Å². The highest BCUT2D eigenvalue weighted by Gasteiger charge is 2.38. The van der Waals surface area contributed by atoms with E-state index in [1.807, 2.05) is 6.07 Å². The van der Waals surface area contributed by atoms with E-state index in [0.29, 0.717) is 16.9 Å². The van der Waals surface area contributed by atoms with Crippen molar-refractivity contribution in [3.8, 4) is 0 Å². The minimum atomic E-state index is 0.441. The third-order valence-electron chi connectivity index (χ3n) is 3.75. The molecule has 0 radical (unpaired) electrons. The van der Waals surface area contributed by atoms with Crippen LogP contribution >= 0.6 is 22.6 Å². The molecule has 18 heavy (non-hydrogen) atoms. The SMILES string of the molecule is CC1(C)CC(NCc2ccc(I)o2)CC(C)(C)C1. The highest BCUT2D eigenvalue weighted by Crippen LogP contribution is 2.45. The Bertz CT molecular complexity index is 392. The first kappa shape index (κ1) is 14.4. The molecule has 3 heteroatoms. The molecule has 1 fully saturated rings. The summed E-state index contributed by atoms with van der Waals surface area (Å²) in [4.78, 5) is 0. The van der Waals surface area contributed by atoms with E-state index in [-0.39, 0.29) is 0 Å². The molecule has 2 nitrogen and oxygen atoms in total. The molecule has 0 aromatic carbocycles. The Balaban J connectivity index is 1.93. The molecular formula is C15H24INO. The van der Waals surface area contributed by atoms with Gasteiger partial charge < -0.3 is 9.73 Å². The maximum Gasteiger partial charge on any atom is 0.164 e. The monoisotopic (exact) mass is 361 g/mol. The molecule has 1 heterocycles. The lowest BCUT2D eigenvalue weighted by molar-refractivity contribution is 0.0836. The van der Waals surface area contributed by atoms with Crippen LogP contribution in [0.5, 0.6) is 0 Å². The number of halogens is 1. The van der Waals surface area contributed by atoms with Crippen molar-refractivity contribution in [1.82, 2.24) is 5.32 Å². The fourth-order valence-corrected chi connectivity index (χ4v) is 4.14. The van der Waals surface area contributed by atoms with Gasteiger partial charge in [-0.25, -0.2) is 0 Å². The van der Waals surface area contributed by atoms with Gasteiger partial charge in [0, 0.05) is 6.04 Å². The van der Waals surface area contributed by atoms with E-state index in [0.717, 1.165) is 16.1 Å². The average Bonchev–Trinajstić information content (AvgIpc) is 2.56. The van der Waals surface area contributed by atoms with E-state index in [4.69, 9.17) is 4.42 Å². The molecule has 1 aromatic rings. The Morgan fingerprint density at radius 2 is 1.83 bits per heavy atom. The predicted molar refractivity (Wildman–Crippen MR) is 83.5 cm³/mol. The molecule has 0 amide bonds. The van der Waals surface area contributed by atoms with Gasteiger partial charge in [-0.05, 0) is 64.8 Å². The van der Waals surface area contributed by atoms with Gasteiger partial charge in [0.1, 0.15) is 5.76 Å². The van der Waals surface area contributed by atoms with Gasteiger partial charge in [-0.2, -0.15) is 0 Å². The third-order valence-corrected chi connectivity index (χ3v) is 4.33. The number of hydrogen-bond acceptors (Lipinski definition) is 2. The maximum absolute atomic E-state index is 5.60. The molecule has 0 saturated heterocycles. The lowest BCUT2D eigenvalue weighted by Gasteiger charge is -2.45. The van der Waals surface area contributed by atoms with Crippen molar-refractivity contribution < 1.29 is 4.42 Å². The van der Waals surface area contributed by atoms with Crippen LogP contribution in [-0.2, 0) is 6.54 Å². The molecule has 1 saturated carbocycles. The van der Waals surface area contributed by atoms with Gasteiger partial charge in [-0.1, -0.05) is 27.7 Å². The minimum Gasteiger partial charge on any atom is -0.454 e. The summed E-state index contributed by atoms with van der Waals surface area (Å²) in [5.74, 6) is 1.04. The van der Waals surface area contributed by atoms with Gasteiger partial charge in [0.05, 0.1) is 6.54 Å². The van der Waals surface area contributed by atoms with Crippen LogP contribution in [0.25, 0.3) is 0 Å². The second-order valence-corrected chi connectivity index (χ2v) is 8.26. The van der Waals surface area contributed by atoms with Crippen molar-refractivity contribution in [3.63, 3.8) is 0 Å². The van der Waals surface area contributed by atoms with Crippen molar-refractivity contribution >= 4 is 22.6 Å². The average molecular weight is 361 g/mol. The van der Waals surface area contributed by atoms with Crippen molar-refractivity contribution in [2.45, 2.75) is 59.5 Å². The first-order valence-electron chi connectivity index (χ1n) is 6.73. The van der Waals surface area contributed by atoms with Gasteiger partial charge in [0.25, 0.3) is 0 Å². The summed E-state index contributed by atoms with van der Waals surface area (Å²) in [6.45, 7) is 10.4. The van der Waals surface area contributed by atoms with Crippen LogP contribution in [0.3, 0.4) is 0 Å². The summed E-state index contributed by atoms with van der Waals surface area (Å²) < 4.78 is 6.57. The molecule has 0 bridgehead atoms. The highest BCUT2D eigenvalue weighted by atomic mass is 127. The van der Waals surface area contributed by atoms with Crippen LogP contribution in [-0.4, -0.2) is 6.04 Å². The van der Waals surface area contributed by atoms with E-state index in [2.05, 4.69) is 61.7 Å². The third kappa shape index (κ3) is 3.98. The largest absolute Gasteiger partial charge is 0.454 e. The molecule has 0 spiro atoms. The van der Waals surface area contributed by atoms with Gasteiger partial charge >= 0.3 is 0 Å². The Kier molecular flexibility index (Phi) is 4.12. The number of rotatable bonds is 3. The summed E-state index contributed by atoms with van der Waals surface area (Å²) in [6.07, 6.45) is 3.83. The fourth-order valence-electron chi connectivity index (χ4n) is 3.68. The van der Waals surface area contributed by atoms with Gasteiger partial charge in [-0.3, -0.25) is 0 Å². The molecule has 1 aromatic heterocycles. The molecule has 0 aliphatic heterocycles. The Morgan fingerprint density at radius 3 is 2.33 bits per heavy atom. The summed E-state index contributed by atoms with van der Waals surface area (Å²) in [5, 5.41) is 3.67. The topological polar surface area (TPSA) is 25.2 Å². The zero-order valence-electron chi connectivity index (χ0n) is 11.8. The van der Waals surface area contributed by atoms with E-state index >= 15 is 0 Å². The first-order valence-corrected chi connectivity index (χ1v) is 7.81. The van der Waals surface area contributed by atoms with E-state index < -0.39 is 0 Å². The molecular weight excluding hydrogens is 337 g/mol. The van der Waals surface area contributed by atoms with Crippen LogP contribution in [0.2, 0.25) is 0 Å². The lowest BCUT2D eigenvalue weighted by Crippen LogP contribution is -2.43. The molecule has 1 aliphatic carbocycles. The Labute approximate surface area is 124 Å². The van der Waals surface area contributed by atoms with Crippen LogP contribution in [0.4, 0.5) is 0 Å². The predicted octanol–water partition coefficient (Wildman–Crippen LogP) is 4.58. The highest BCUT2D eigenvalue weighted by molar-refractivity contribution is 14.1. The van der Waals surface area contributed by atoms with Crippen molar-refractivity contribution in [2.24, 2.45) is 10.8 Å². The van der Waals surface area contributed by atoms with Crippen molar-refractivity contribution in [3.05, 3.63) is 21.7 Å². The second kappa shape index (κ2) is 5.16. The van der Waals surface area contributed by atoms with E-state index in [1.54, 1.807) is 0 Å². The number of furan rings is 1. The number of hydrogen-bond donors (Lipinski definition) is 1. The van der Waals surface area contributed by atoms with Crippen LogP contribution in [0.15, 0.2) is 16.5 Å². The van der Waals surface area contributed by atoms with Gasteiger partial charge in [-0.15, -0.1) is 0 Å². The van der Waals surface area contributed by atoms with Crippen molar-refractivity contribution in [1.29, 1.82) is 0 Å². The molecule has 1 aliphatic rings. The second-order valence-electron chi connectivity index (χ2n) is 7.20. The standard InChI is InChI=1S/C15H24INO/c1-14(2)7-11(8-15(3,4)10-14)17-9-12-5-6-13(16)18-12/h5-6,11,17H,7-10H2,1-4H3. The molecule has 0 unspecified atom stereocenters. The molecule has 0 atom stereocenters. The summed E-state index contributed by atoms with van der Waals surface area (Å²) >= 11 is 2.21. The summed E-state index contributed by atoms with van der Waals surface area (Å²) in [5.41, 5.74) is 0.883. The summed E-state index contributed by atoms with van der Waals surface area (Å²) in [7, 11) is 0. The van der Waals surface area contributed by atoms with E-state index in [9.17, 15) is 0 Å². The van der Waals surface area contributed by atoms with Crippen LogP contribution in [0.1, 0.15) is 52.7 Å². The smallest absolute Gasteiger partial charge is 0.164 e. The minimum absolute atomic E-state index is 0.441. The van der Waals surface area contributed by atoms with Gasteiger partial charge in [0.15, 0.2) is 3.77 Å². The van der Waals surface area contributed by atoms with Gasteiger partial charge in [0.2, 0.25) is 0 Å². The zero-order chi connectivity index (χ0) is 13.4. The first-order chi connectivity index (χ1) is 8.26. The molecule has 102 valence electrons. The van der Waals surface area contributed by atoms with Crippen LogP contribution < -0.4 is 5.32 Å². The fraction of sp³-hybridized carbons (Fsp3) is 0.733. The zero-order valence-corrected chi connectivity index (χ0v) is 14.0. The quantitative estimate of drug-likeness (QED) is 0.798. The maximum atomic E-state index is 5.60. The lowest BCUT2D eigenvalue weighted by atomic mass is 9.63. The Morgan fingerprint density at radius 1 is 1.22 bits per heavy atom. The molecule has 1 N–H and O–H groups in total. The molecule has 2 rings (SSSR count). The number of nitrogens with one attached hydrogen (secondary N) is 1. The van der Waals surface area contributed by atoms with E-state index in [1.165, 1.54) is 19.3 Å². The summed E-state index contributed by atoms with van der Waals surface area (Å²) in [6, 6.07) is 4.69. The van der Waals surface area contributed by atoms with Crippen molar-refractivity contribution in [2.75, 3.05) is 0 Å². The Hall–Kier alpha value is -0.0300.